The van der Waals surface area contributed by atoms with Crippen LogP contribution >= 0.6 is 0 Å². The molecule has 27 heavy (non-hydrogen) atoms. The molecule has 2 heterocycles. The van der Waals surface area contributed by atoms with E-state index in [0.29, 0.717) is 30.1 Å². The van der Waals surface area contributed by atoms with Gasteiger partial charge in [0.1, 0.15) is 5.69 Å². The highest BCUT2D eigenvalue weighted by Gasteiger charge is 2.33. The monoisotopic (exact) mass is 368 g/mol. The predicted molar refractivity (Wildman–Crippen MR) is 101 cm³/mol. The van der Waals surface area contributed by atoms with Gasteiger partial charge in [-0.25, -0.2) is 9.97 Å². The number of nitriles is 1. The Balaban J connectivity index is 2.11. The molecule has 142 valence electrons. The van der Waals surface area contributed by atoms with Gasteiger partial charge in [0.05, 0.1) is 35.4 Å². The smallest absolute Gasteiger partial charge is 0.329 e. The van der Waals surface area contributed by atoms with Crippen molar-refractivity contribution < 1.29 is 14.3 Å². The molecule has 3 atom stereocenters. The van der Waals surface area contributed by atoms with Crippen molar-refractivity contribution in [3.63, 3.8) is 0 Å². The van der Waals surface area contributed by atoms with Crippen molar-refractivity contribution in [3.8, 4) is 6.07 Å². The van der Waals surface area contributed by atoms with Gasteiger partial charge >= 0.3 is 5.97 Å². The summed E-state index contributed by atoms with van der Waals surface area (Å²) in [4.78, 5) is 24.0. The summed E-state index contributed by atoms with van der Waals surface area (Å²) in [5.74, 6) is -1.19. The Morgan fingerprint density at radius 1 is 1.22 bits per heavy atom. The molecule has 0 aliphatic carbocycles. The van der Waals surface area contributed by atoms with Gasteiger partial charge in [-0.3, -0.25) is 4.79 Å². The van der Waals surface area contributed by atoms with Crippen molar-refractivity contribution in [1.29, 1.82) is 5.26 Å². The molecule has 7 heteroatoms. The first-order valence-electron chi connectivity index (χ1n) is 9.16. The molecule has 1 aromatic carbocycles. The summed E-state index contributed by atoms with van der Waals surface area (Å²) in [5.41, 5.74) is 1.70. The molecule has 0 amide bonds. The number of carbonyl (C=O) groups is 1. The Bertz CT molecular complexity index is 867. The third-order valence-electron chi connectivity index (χ3n) is 4.29. The summed E-state index contributed by atoms with van der Waals surface area (Å²) >= 11 is 0. The third kappa shape index (κ3) is 4.17. The van der Waals surface area contributed by atoms with Crippen LogP contribution in [0.4, 0.5) is 5.82 Å². The third-order valence-corrected chi connectivity index (χ3v) is 4.29. The summed E-state index contributed by atoms with van der Waals surface area (Å²) in [6.07, 6.45) is -0.287. The van der Waals surface area contributed by atoms with Gasteiger partial charge in [0.25, 0.3) is 0 Å². The van der Waals surface area contributed by atoms with Crippen LogP contribution in [0.5, 0.6) is 0 Å². The van der Waals surface area contributed by atoms with Crippen LogP contribution < -0.4 is 4.90 Å². The Morgan fingerprint density at radius 3 is 2.37 bits per heavy atom. The number of nitrogens with zero attached hydrogens (tertiary/aromatic N) is 4. The minimum atomic E-state index is -1.13. The van der Waals surface area contributed by atoms with E-state index >= 15 is 0 Å². The number of anilines is 1. The minimum absolute atomic E-state index is 0.0121. The zero-order chi connectivity index (χ0) is 19.6. The van der Waals surface area contributed by atoms with Crippen LogP contribution in [0.1, 0.15) is 39.3 Å². The highest BCUT2D eigenvalue weighted by atomic mass is 16.5. The summed E-state index contributed by atoms with van der Waals surface area (Å²) in [5, 5.41) is 9.70. The maximum atomic E-state index is 12.5. The molecule has 1 fully saturated rings. The number of carbonyl (C=O) groups excluding carboxylic acids is 1. The second-order valence-corrected chi connectivity index (χ2v) is 7.13. The summed E-state index contributed by atoms with van der Waals surface area (Å²) in [7, 11) is 0. The largest absolute Gasteiger partial charge is 0.462 e. The molecular weight excluding hydrogens is 344 g/mol. The highest BCUT2D eigenvalue weighted by molar-refractivity contribution is 5.85. The van der Waals surface area contributed by atoms with E-state index in [0.717, 1.165) is 5.52 Å². The average molecular weight is 368 g/mol. The maximum absolute atomic E-state index is 12.5. The fourth-order valence-corrected chi connectivity index (χ4v) is 3.31. The highest BCUT2D eigenvalue weighted by Crippen LogP contribution is 2.30. The fourth-order valence-electron chi connectivity index (χ4n) is 3.31. The molecule has 0 spiro atoms. The Labute approximate surface area is 158 Å². The number of morpholine rings is 1. The predicted octanol–water partition coefficient (Wildman–Crippen LogP) is 2.80. The van der Waals surface area contributed by atoms with Crippen molar-refractivity contribution in [2.45, 2.75) is 51.9 Å². The Kier molecular flexibility index (Phi) is 5.57. The second-order valence-electron chi connectivity index (χ2n) is 7.13. The molecule has 3 rings (SSSR count). The quantitative estimate of drug-likeness (QED) is 0.767. The SMILES string of the molecule is CC(C)OC(=O)C(C#N)c1nc2ccccc2nc1N1CC(C)OC(C)C1. The molecule has 0 saturated carbocycles. The maximum Gasteiger partial charge on any atom is 0.329 e. The van der Waals surface area contributed by atoms with Gasteiger partial charge in [-0.15, -0.1) is 0 Å². The van der Waals surface area contributed by atoms with Gasteiger partial charge in [0, 0.05) is 13.1 Å². The number of benzene rings is 1. The zero-order valence-electron chi connectivity index (χ0n) is 16.0. The van der Waals surface area contributed by atoms with E-state index in [1.165, 1.54) is 0 Å². The molecule has 7 nitrogen and oxygen atoms in total. The van der Waals surface area contributed by atoms with Crippen molar-refractivity contribution >= 4 is 22.8 Å². The molecule has 1 saturated heterocycles. The summed E-state index contributed by atoms with van der Waals surface area (Å²) < 4.78 is 11.1. The lowest BCUT2D eigenvalue weighted by Gasteiger charge is -2.37. The molecule has 0 N–H and O–H groups in total. The number of aromatic nitrogens is 2. The van der Waals surface area contributed by atoms with E-state index in [9.17, 15) is 10.1 Å². The lowest BCUT2D eigenvalue weighted by Crippen LogP contribution is -2.46. The molecular formula is C20H24N4O3. The molecule has 0 radical (unpaired) electrons. The van der Waals surface area contributed by atoms with Crippen LogP contribution in [0.15, 0.2) is 24.3 Å². The molecule has 1 aliphatic heterocycles. The first kappa shape index (κ1) is 19.1. The Morgan fingerprint density at radius 2 is 1.81 bits per heavy atom. The lowest BCUT2D eigenvalue weighted by molar-refractivity contribution is -0.147. The number of para-hydroxylation sites is 2. The van der Waals surface area contributed by atoms with Crippen LogP contribution in [0, 0.1) is 11.3 Å². The molecule has 1 aliphatic rings. The van der Waals surface area contributed by atoms with E-state index in [2.05, 4.69) is 11.1 Å². The van der Waals surface area contributed by atoms with E-state index in [4.69, 9.17) is 14.5 Å². The van der Waals surface area contributed by atoms with E-state index in [1.807, 2.05) is 43.0 Å². The van der Waals surface area contributed by atoms with Gasteiger partial charge in [-0.05, 0) is 39.8 Å². The minimum Gasteiger partial charge on any atom is -0.462 e. The van der Waals surface area contributed by atoms with E-state index < -0.39 is 11.9 Å². The van der Waals surface area contributed by atoms with E-state index in [1.54, 1.807) is 13.8 Å². The van der Waals surface area contributed by atoms with Crippen LogP contribution in [0.25, 0.3) is 11.0 Å². The van der Waals surface area contributed by atoms with Crippen molar-refractivity contribution in [3.05, 3.63) is 30.0 Å². The second kappa shape index (κ2) is 7.89. The number of hydrogen-bond donors (Lipinski definition) is 0. The van der Waals surface area contributed by atoms with Gasteiger partial charge < -0.3 is 14.4 Å². The Hall–Kier alpha value is -2.72. The molecule has 0 bridgehead atoms. The molecule has 3 unspecified atom stereocenters. The fraction of sp³-hybridized carbons (Fsp3) is 0.500. The van der Waals surface area contributed by atoms with Gasteiger partial charge in [-0.1, -0.05) is 12.1 Å². The molecule has 2 aromatic rings. The number of rotatable bonds is 4. The van der Waals surface area contributed by atoms with Gasteiger partial charge in [-0.2, -0.15) is 5.26 Å². The van der Waals surface area contributed by atoms with Crippen LogP contribution in [0.3, 0.4) is 0 Å². The first-order chi connectivity index (χ1) is 12.9. The van der Waals surface area contributed by atoms with Crippen molar-refractivity contribution in [1.82, 2.24) is 9.97 Å². The first-order valence-corrected chi connectivity index (χ1v) is 9.16. The van der Waals surface area contributed by atoms with Gasteiger partial charge in [0.15, 0.2) is 11.7 Å². The zero-order valence-corrected chi connectivity index (χ0v) is 16.0. The van der Waals surface area contributed by atoms with Crippen LogP contribution in [-0.4, -0.2) is 47.3 Å². The number of hydrogen-bond acceptors (Lipinski definition) is 7. The standard InChI is InChI=1S/C20H24N4O3/c1-12(2)26-20(25)15(9-21)18-19(24-10-13(3)27-14(4)11-24)23-17-8-6-5-7-16(17)22-18/h5-8,12-15H,10-11H2,1-4H3. The summed E-state index contributed by atoms with van der Waals surface area (Å²) in [6.45, 7) is 8.72. The number of esters is 1. The van der Waals surface area contributed by atoms with E-state index in [-0.39, 0.29) is 18.3 Å². The van der Waals surface area contributed by atoms with Gasteiger partial charge in [0.2, 0.25) is 0 Å². The van der Waals surface area contributed by atoms with Crippen molar-refractivity contribution in [2.75, 3.05) is 18.0 Å². The molecule has 1 aromatic heterocycles. The van der Waals surface area contributed by atoms with Crippen LogP contribution in [-0.2, 0) is 14.3 Å². The normalized spacial score (nSPS) is 21.1. The average Bonchev–Trinajstić information content (AvgIpc) is 2.60. The lowest BCUT2D eigenvalue weighted by atomic mass is 10.1. The number of fused-ring (bicyclic) bond motifs is 1. The topological polar surface area (TPSA) is 88.3 Å². The van der Waals surface area contributed by atoms with Crippen LogP contribution in [0.2, 0.25) is 0 Å². The summed E-state index contributed by atoms with van der Waals surface area (Å²) in [6, 6.07) is 9.49. The number of ether oxygens (including phenoxy) is 2. The van der Waals surface area contributed by atoms with Crippen molar-refractivity contribution in [2.24, 2.45) is 0 Å².